The third-order valence-electron chi connectivity index (χ3n) is 4.35. The molecule has 0 aromatic carbocycles. The van der Waals surface area contributed by atoms with Crippen LogP contribution >= 0.6 is 15.9 Å². The number of hydrogen-bond acceptors (Lipinski definition) is 8. The first-order chi connectivity index (χ1) is 16.0. The Morgan fingerprint density at radius 1 is 0.636 bits per heavy atom. The average molecular weight is 538 g/mol. The summed E-state index contributed by atoms with van der Waals surface area (Å²) >= 11 is 3.24. The maximum absolute atomic E-state index is 5.40. The molecule has 0 N–H and O–H groups in total. The van der Waals surface area contributed by atoms with Crippen LogP contribution in [-0.2, 0) is 18.9 Å². The molecule has 0 fully saturated rings. The molecule has 33 heavy (non-hydrogen) atoms. The van der Waals surface area contributed by atoms with Crippen molar-refractivity contribution in [1.29, 1.82) is 0 Å². The SMILES string of the molecule is CCC(=NC)C(C)=NC.CCC(=NC)C(CCCOCCOC)=NC.COCCOCCBr. The van der Waals surface area contributed by atoms with Crippen LogP contribution in [0.5, 0.6) is 0 Å². The molecule has 9 heteroatoms. The van der Waals surface area contributed by atoms with Crippen molar-refractivity contribution in [1.82, 2.24) is 0 Å². The molecular weight excluding hydrogens is 488 g/mol. The Balaban J connectivity index is -0.000000449. The zero-order chi connectivity index (χ0) is 25.7. The summed E-state index contributed by atoms with van der Waals surface area (Å²) in [5.41, 5.74) is 4.33. The zero-order valence-electron chi connectivity index (χ0n) is 22.6. The summed E-state index contributed by atoms with van der Waals surface area (Å²) in [6, 6.07) is 0. The molecule has 0 radical (unpaired) electrons. The highest BCUT2D eigenvalue weighted by molar-refractivity contribution is 9.09. The molecule has 0 aliphatic carbocycles. The summed E-state index contributed by atoms with van der Waals surface area (Å²) in [6.07, 6.45) is 3.83. The fraction of sp³-hybridized carbons (Fsp3) is 0.833. The van der Waals surface area contributed by atoms with Gasteiger partial charge in [-0.1, -0.05) is 29.8 Å². The molecule has 0 atom stereocenters. The molecule has 0 rings (SSSR count). The molecular formula is C24H49BrN4O4. The summed E-state index contributed by atoms with van der Waals surface area (Å²) in [5, 5.41) is 0.900. The number of rotatable bonds is 16. The van der Waals surface area contributed by atoms with E-state index in [-0.39, 0.29) is 0 Å². The van der Waals surface area contributed by atoms with Gasteiger partial charge < -0.3 is 18.9 Å². The first-order valence-corrected chi connectivity index (χ1v) is 12.6. The summed E-state index contributed by atoms with van der Waals surface area (Å²) < 4.78 is 20.1. The third-order valence-corrected chi connectivity index (χ3v) is 4.68. The highest BCUT2D eigenvalue weighted by Gasteiger charge is 2.04. The van der Waals surface area contributed by atoms with Gasteiger partial charge in [-0.05, 0) is 32.6 Å². The van der Waals surface area contributed by atoms with Crippen molar-refractivity contribution in [2.45, 2.75) is 46.5 Å². The molecule has 0 aromatic rings. The highest BCUT2D eigenvalue weighted by atomic mass is 79.9. The summed E-state index contributed by atoms with van der Waals surface area (Å²) in [7, 11) is 10.6. The first-order valence-electron chi connectivity index (χ1n) is 11.5. The topological polar surface area (TPSA) is 86.4 Å². The van der Waals surface area contributed by atoms with Gasteiger partial charge in [-0.15, -0.1) is 0 Å². The number of halogens is 1. The minimum absolute atomic E-state index is 0.658. The van der Waals surface area contributed by atoms with Gasteiger partial charge in [0.1, 0.15) is 0 Å². The second-order valence-corrected chi connectivity index (χ2v) is 7.32. The van der Waals surface area contributed by atoms with Crippen molar-refractivity contribution in [3.63, 3.8) is 0 Å². The van der Waals surface area contributed by atoms with Crippen molar-refractivity contribution < 1.29 is 18.9 Å². The molecule has 0 unspecified atom stereocenters. The van der Waals surface area contributed by atoms with Crippen LogP contribution in [-0.4, -0.2) is 110 Å². The Kier molecular flexibility index (Phi) is 34.3. The smallest absolute Gasteiger partial charge is 0.0700 e. The Hall–Kier alpha value is -1.00. The van der Waals surface area contributed by atoms with Crippen LogP contribution in [0.1, 0.15) is 46.5 Å². The predicted molar refractivity (Wildman–Crippen MR) is 148 cm³/mol. The van der Waals surface area contributed by atoms with Crippen molar-refractivity contribution in [3.05, 3.63) is 0 Å². The number of alkyl halides is 1. The van der Waals surface area contributed by atoms with Crippen LogP contribution in [0.15, 0.2) is 20.0 Å². The zero-order valence-corrected chi connectivity index (χ0v) is 24.2. The quantitative estimate of drug-likeness (QED) is 0.164. The van der Waals surface area contributed by atoms with E-state index < -0.39 is 0 Å². The summed E-state index contributed by atoms with van der Waals surface area (Å²) in [4.78, 5) is 16.6. The third kappa shape index (κ3) is 25.5. The monoisotopic (exact) mass is 536 g/mol. The molecule has 0 aliphatic rings. The van der Waals surface area contributed by atoms with E-state index in [1.807, 2.05) is 21.0 Å². The minimum atomic E-state index is 0.658. The number of nitrogens with zero attached hydrogens (tertiary/aromatic N) is 4. The molecule has 0 spiro atoms. The van der Waals surface area contributed by atoms with E-state index in [0.29, 0.717) is 26.4 Å². The largest absolute Gasteiger partial charge is 0.382 e. The van der Waals surface area contributed by atoms with E-state index in [4.69, 9.17) is 18.9 Å². The van der Waals surface area contributed by atoms with Gasteiger partial charge in [0.05, 0.1) is 55.9 Å². The molecule has 0 heterocycles. The lowest BCUT2D eigenvalue weighted by molar-refractivity contribution is 0.0701. The van der Waals surface area contributed by atoms with Gasteiger partial charge >= 0.3 is 0 Å². The second kappa shape index (κ2) is 31.0. The molecule has 8 nitrogen and oxygen atoms in total. The standard InChI is InChI=1S/C12H24N2O2.C7H14N2.C5H11BrO2/c1-5-11(13-2)12(14-3)7-6-8-16-10-9-15-4;1-5-7(9-4)6(2)8-3;1-7-4-5-8-3-2-6/h5-10H2,1-4H3;5H2,1-4H3;2-5H2,1H3. The van der Waals surface area contributed by atoms with Crippen LogP contribution in [0.2, 0.25) is 0 Å². The first kappa shape index (κ1) is 36.6. The van der Waals surface area contributed by atoms with E-state index in [9.17, 15) is 0 Å². The van der Waals surface area contributed by atoms with E-state index in [1.54, 1.807) is 28.3 Å². The van der Waals surface area contributed by atoms with Crippen LogP contribution in [0, 0.1) is 0 Å². The van der Waals surface area contributed by atoms with Crippen LogP contribution in [0.25, 0.3) is 0 Å². The molecule has 0 bridgehead atoms. The maximum atomic E-state index is 5.40. The summed E-state index contributed by atoms with van der Waals surface area (Å²) in [6.45, 7) is 10.4. The van der Waals surface area contributed by atoms with Gasteiger partial charge in [0, 0.05) is 54.3 Å². The molecule has 0 saturated carbocycles. The molecule has 196 valence electrons. The lowest BCUT2D eigenvalue weighted by Gasteiger charge is -2.07. The number of aliphatic imine (C=N–C) groups is 4. The Labute approximate surface area is 211 Å². The van der Waals surface area contributed by atoms with Gasteiger partial charge in [-0.25, -0.2) is 0 Å². The van der Waals surface area contributed by atoms with Crippen molar-refractivity contribution in [2.24, 2.45) is 20.0 Å². The van der Waals surface area contributed by atoms with Crippen molar-refractivity contribution in [3.8, 4) is 0 Å². The summed E-state index contributed by atoms with van der Waals surface area (Å²) in [5.74, 6) is 0. The van der Waals surface area contributed by atoms with E-state index in [2.05, 4.69) is 49.7 Å². The maximum Gasteiger partial charge on any atom is 0.0700 e. The lowest BCUT2D eigenvalue weighted by atomic mass is 10.1. The average Bonchev–Trinajstić information content (AvgIpc) is 2.84. The minimum Gasteiger partial charge on any atom is -0.382 e. The van der Waals surface area contributed by atoms with Gasteiger partial charge in [0.15, 0.2) is 0 Å². The van der Waals surface area contributed by atoms with Crippen LogP contribution < -0.4 is 0 Å². The van der Waals surface area contributed by atoms with E-state index in [1.165, 1.54) is 0 Å². The fourth-order valence-electron chi connectivity index (χ4n) is 2.47. The normalized spacial score (nSPS) is 12.7. The molecule has 0 amide bonds. The highest BCUT2D eigenvalue weighted by Crippen LogP contribution is 2.00. The van der Waals surface area contributed by atoms with Crippen molar-refractivity contribution in [2.75, 3.05) is 87.4 Å². The predicted octanol–water partition coefficient (Wildman–Crippen LogP) is 4.58. The fourth-order valence-corrected chi connectivity index (χ4v) is 2.69. The van der Waals surface area contributed by atoms with Gasteiger partial charge in [-0.2, -0.15) is 0 Å². The Morgan fingerprint density at radius 2 is 1.12 bits per heavy atom. The van der Waals surface area contributed by atoms with Gasteiger partial charge in [0.25, 0.3) is 0 Å². The number of hydrogen-bond donors (Lipinski definition) is 0. The van der Waals surface area contributed by atoms with E-state index >= 15 is 0 Å². The number of ether oxygens (including phenoxy) is 4. The molecule has 0 aromatic heterocycles. The molecule has 0 aliphatic heterocycles. The lowest BCUT2D eigenvalue weighted by Crippen LogP contribution is -2.14. The second-order valence-electron chi connectivity index (χ2n) is 6.53. The van der Waals surface area contributed by atoms with Crippen LogP contribution in [0.3, 0.4) is 0 Å². The Bertz CT molecular complexity index is 533. The van der Waals surface area contributed by atoms with Gasteiger partial charge in [-0.3, -0.25) is 20.0 Å². The van der Waals surface area contributed by atoms with Crippen molar-refractivity contribution >= 4 is 38.8 Å². The van der Waals surface area contributed by atoms with Gasteiger partial charge in [0.2, 0.25) is 0 Å². The van der Waals surface area contributed by atoms with Crippen LogP contribution in [0.4, 0.5) is 0 Å². The molecule has 0 saturated heterocycles. The number of methoxy groups -OCH3 is 2. The van der Waals surface area contributed by atoms with E-state index in [0.717, 1.165) is 67.1 Å². The Morgan fingerprint density at radius 3 is 1.45 bits per heavy atom.